The van der Waals surface area contributed by atoms with Crippen LogP contribution in [0.3, 0.4) is 0 Å². The van der Waals surface area contributed by atoms with Gasteiger partial charge in [-0.05, 0) is 24.5 Å². The first kappa shape index (κ1) is 14.9. The molecule has 2 N–H and O–H groups in total. The summed E-state index contributed by atoms with van der Waals surface area (Å²) >= 11 is 0. The number of H-pyrrole nitrogens is 1. The Morgan fingerprint density at radius 1 is 1.21 bits per heavy atom. The number of hydrogen-bond acceptors (Lipinski definition) is 4. The SMILES string of the molecule is O=c1[nH]c(NCCC2CCCC2)nc2c1cnn2-c1ccccc1. The number of para-hydroxylation sites is 1. The number of aromatic amines is 1. The van der Waals surface area contributed by atoms with Gasteiger partial charge in [0.1, 0.15) is 5.39 Å². The molecule has 0 amide bonds. The molecule has 0 unspecified atom stereocenters. The molecule has 6 nitrogen and oxygen atoms in total. The summed E-state index contributed by atoms with van der Waals surface area (Å²) in [5.74, 6) is 1.32. The molecule has 3 aromatic rings. The summed E-state index contributed by atoms with van der Waals surface area (Å²) in [5, 5.41) is 8.08. The van der Waals surface area contributed by atoms with Crippen LogP contribution in [0.2, 0.25) is 0 Å². The van der Waals surface area contributed by atoms with E-state index < -0.39 is 0 Å². The first-order chi connectivity index (χ1) is 11.8. The maximum atomic E-state index is 12.3. The van der Waals surface area contributed by atoms with E-state index in [2.05, 4.69) is 20.4 Å². The second kappa shape index (κ2) is 6.47. The summed E-state index contributed by atoms with van der Waals surface area (Å²) in [7, 11) is 0. The van der Waals surface area contributed by atoms with Crippen molar-refractivity contribution < 1.29 is 0 Å². The van der Waals surface area contributed by atoms with Gasteiger partial charge in [0.05, 0.1) is 11.9 Å². The predicted octanol–water partition coefficient (Wildman–Crippen LogP) is 3.10. The van der Waals surface area contributed by atoms with E-state index in [0.717, 1.165) is 24.6 Å². The van der Waals surface area contributed by atoms with Crippen molar-refractivity contribution in [2.45, 2.75) is 32.1 Å². The zero-order valence-electron chi connectivity index (χ0n) is 13.5. The monoisotopic (exact) mass is 323 g/mol. The van der Waals surface area contributed by atoms with Gasteiger partial charge in [-0.15, -0.1) is 0 Å². The van der Waals surface area contributed by atoms with Crippen LogP contribution in [0.25, 0.3) is 16.7 Å². The molecule has 1 aromatic carbocycles. The molecular formula is C18H21N5O. The average Bonchev–Trinajstić information content (AvgIpc) is 3.25. The quantitative estimate of drug-likeness (QED) is 0.756. The summed E-state index contributed by atoms with van der Waals surface area (Å²) in [6.45, 7) is 0.832. The molecule has 4 rings (SSSR count). The molecule has 2 aromatic heterocycles. The van der Waals surface area contributed by atoms with Crippen LogP contribution in [0.5, 0.6) is 0 Å². The van der Waals surface area contributed by atoms with Gasteiger partial charge < -0.3 is 5.32 Å². The van der Waals surface area contributed by atoms with Crippen molar-refractivity contribution in [3.8, 4) is 5.69 Å². The minimum atomic E-state index is -0.162. The third-order valence-electron chi connectivity index (χ3n) is 4.76. The Kier molecular flexibility index (Phi) is 4.02. The van der Waals surface area contributed by atoms with Crippen molar-refractivity contribution in [3.63, 3.8) is 0 Å². The molecule has 0 saturated heterocycles. The van der Waals surface area contributed by atoms with Crippen molar-refractivity contribution in [1.82, 2.24) is 19.7 Å². The van der Waals surface area contributed by atoms with Crippen LogP contribution in [0.15, 0.2) is 41.3 Å². The molecule has 0 atom stereocenters. The van der Waals surface area contributed by atoms with Crippen LogP contribution < -0.4 is 10.9 Å². The molecule has 1 aliphatic rings. The van der Waals surface area contributed by atoms with Crippen LogP contribution in [-0.2, 0) is 0 Å². The van der Waals surface area contributed by atoms with Gasteiger partial charge in [0.2, 0.25) is 5.95 Å². The molecule has 24 heavy (non-hydrogen) atoms. The number of nitrogens with zero attached hydrogens (tertiary/aromatic N) is 3. The number of anilines is 1. The summed E-state index contributed by atoms with van der Waals surface area (Å²) in [6, 6.07) is 9.73. The maximum absolute atomic E-state index is 12.3. The number of hydrogen-bond donors (Lipinski definition) is 2. The molecular weight excluding hydrogens is 302 g/mol. The van der Waals surface area contributed by atoms with Gasteiger partial charge in [-0.1, -0.05) is 43.9 Å². The summed E-state index contributed by atoms with van der Waals surface area (Å²) in [6.07, 6.45) is 8.04. The van der Waals surface area contributed by atoms with E-state index in [4.69, 9.17) is 0 Å². The number of benzene rings is 1. The van der Waals surface area contributed by atoms with E-state index in [1.54, 1.807) is 10.9 Å². The second-order valence-electron chi connectivity index (χ2n) is 6.41. The Morgan fingerprint density at radius 2 is 2.00 bits per heavy atom. The van der Waals surface area contributed by atoms with Crippen molar-refractivity contribution in [2.24, 2.45) is 5.92 Å². The first-order valence-corrected chi connectivity index (χ1v) is 8.58. The third kappa shape index (κ3) is 2.91. The van der Waals surface area contributed by atoms with E-state index in [1.807, 2.05) is 30.3 Å². The fourth-order valence-electron chi connectivity index (χ4n) is 3.45. The highest BCUT2D eigenvalue weighted by Gasteiger charge is 2.15. The standard InChI is InChI=1S/C18H21N5O/c24-17-15-12-20-23(14-8-2-1-3-9-14)16(15)21-18(22-17)19-11-10-13-6-4-5-7-13/h1-3,8-9,12-13H,4-7,10-11H2,(H2,19,21,22,24). The topological polar surface area (TPSA) is 75.6 Å². The Labute approximate surface area is 139 Å². The summed E-state index contributed by atoms with van der Waals surface area (Å²) in [5.41, 5.74) is 1.31. The number of aromatic nitrogens is 4. The third-order valence-corrected chi connectivity index (χ3v) is 4.76. The Balaban J connectivity index is 1.59. The number of fused-ring (bicyclic) bond motifs is 1. The van der Waals surface area contributed by atoms with E-state index in [-0.39, 0.29) is 5.56 Å². The second-order valence-corrected chi connectivity index (χ2v) is 6.41. The molecule has 1 aliphatic carbocycles. The minimum Gasteiger partial charge on any atom is -0.356 e. The largest absolute Gasteiger partial charge is 0.356 e. The normalized spacial score (nSPS) is 15.2. The van der Waals surface area contributed by atoms with E-state index in [0.29, 0.717) is 17.0 Å². The van der Waals surface area contributed by atoms with E-state index >= 15 is 0 Å². The lowest BCUT2D eigenvalue weighted by Crippen LogP contribution is -2.15. The fraction of sp³-hybridized carbons (Fsp3) is 0.389. The lowest BCUT2D eigenvalue weighted by Gasteiger charge is -2.10. The molecule has 1 fully saturated rings. The van der Waals surface area contributed by atoms with Gasteiger partial charge in [-0.2, -0.15) is 10.1 Å². The first-order valence-electron chi connectivity index (χ1n) is 8.58. The van der Waals surface area contributed by atoms with Gasteiger partial charge in [0.15, 0.2) is 5.65 Å². The predicted molar refractivity (Wildman–Crippen MR) is 94.6 cm³/mol. The Bertz CT molecular complexity index is 877. The highest BCUT2D eigenvalue weighted by molar-refractivity contribution is 5.76. The highest BCUT2D eigenvalue weighted by Crippen LogP contribution is 2.27. The zero-order valence-corrected chi connectivity index (χ0v) is 13.5. The smallest absolute Gasteiger partial charge is 0.263 e. The van der Waals surface area contributed by atoms with Gasteiger partial charge >= 0.3 is 0 Å². The average molecular weight is 323 g/mol. The summed E-state index contributed by atoms with van der Waals surface area (Å²) in [4.78, 5) is 19.7. The molecule has 0 aliphatic heterocycles. The Morgan fingerprint density at radius 3 is 2.79 bits per heavy atom. The fourth-order valence-corrected chi connectivity index (χ4v) is 3.45. The molecule has 2 heterocycles. The number of rotatable bonds is 5. The van der Waals surface area contributed by atoms with E-state index in [1.165, 1.54) is 25.7 Å². The van der Waals surface area contributed by atoms with Crippen molar-refractivity contribution in [3.05, 3.63) is 46.9 Å². The molecule has 124 valence electrons. The van der Waals surface area contributed by atoms with Gasteiger partial charge in [0.25, 0.3) is 5.56 Å². The van der Waals surface area contributed by atoms with Gasteiger partial charge in [-0.25, -0.2) is 4.68 Å². The van der Waals surface area contributed by atoms with Crippen molar-refractivity contribution in [1.29, 1.82) is 0 Å². The maximum Gasteiger partial charge on any atom is 0.263 e. The molecule has 0 radical (unpaired) electrons. The van der Waals surface area contributed by atoms with Gasteiger partial charge in [-0.3, -0.25) is 9.78 Å². The van der Waals surface area contributed by atoms with E-state index in [9.17, 15) is 4.79 Å². The van der Waals surface area contributed by atoms with Crippen LogP contribution in [0.1, 0.15) is 32.1 Å². The lowest BCUT2D eigenvalue weighted by molar-refractivity contribution is 0.518. The van der Waals surface area contributed by atoms with Crippen LogP contribution >= 0.6 is 0 Å². The number of nitrogens with one attached hydrogen (secondary N) is 2. The van der Waals surface area contributed by atoms with Gasteiger partial charge in [0, 0.05) is 6.54 Å². The van der Waals surface area contributed by atoms with Crippen molar-refractivity contribution in [2.75, 3.05) is 11.9 Å². The molecule has 6 heteroatoms. The zero-order chi connectivity index (χ0) is 16.4. The minimum absolute atomic E-state index is 0.162. The van der Waals surface area contributed by atoms with Crippen LogP contribution in [-0.4, -0.2) is 26.3 Å². The molecule has 0 spiro atoms. The van der Waals surface area contributed by atoms with Crippen LogP contribution in [0.4, 0.5) is 5.95 Å². The lowest BCUT2D eigenvalue weighted by atomic mass is 10.0. The summed E-state index contributed by atoms with van der Waals surface area (Å²) < 4.78 is 1.70. The highest BCUT2D eigenvalue weighted by atomic mass is 16.1. The molecule has 1 saturated carbocycles. The molecule has 0 bridgehead atoms. The van der Waals surface area contributed by atoms with Crippen LogP contribution in [0, 0.1) is 5.92 Å². The Hall–Kier alpha value is -2.63. The van der Waals surface area contributed by atoms with Crippen molar-refractivity contribution >= 4 is 17.0 Å².